The maximum Gasteiger partial charge on any atom is 0.573 e. The van der Waals surface area contributed by atoms with Crippen LogP contribution in [0.4, 0.5) is 32.0 Å². The lowest BCUT2D eigenvalue weighted by Gasteiger charge is -2.17. The lowest BCUT2D eigenvalue weighted by molar-refractivity contribution is -0.274. The van der Waals surface area contributed by atoms with Crippen LogP contribution in [0, 0.1) is 0 Å². The quantitative estimate of drug-likeness (QED) is 0.580. The number of benzene rings is 2. The molecule has 0 atom stereocenters. The summed E-state index contributed by atoms with van der Waals surface area (Å²) in [6.07, 6.45) is -9.47. The number of ketones is 1. The van der Waals surface area contributed by atoms with Crippen LogP contribution < -0.4 is 9.64 Å². The van der Waals surface area contributed by atoms with Crippen LogP contribution in [0.15, 0.2) is 42.5 Å². The number of halogens is 6. The zero-order valence-electron chi connectivity index (χ0n) is 13.2. The van der Waals surface area contributed by atoms with Gasteiger partial charge >= 0.3 is 12.5 Å². The monoisotopic (exact) mass is 389 g/mol. The third-order valence-electron chi connectivity index (χ3n) is 3.80. The van der Waals surface area contributed by atoms with Gasteiger partial charge in [-0.2, -0.15) is 13.2 Å². The Hall–Kier alpha value is -3.04. The number of anilines is 1. The van der Waals surface area contributed by atoms with Crippen LogP contribution in [0.1, 0.15) is 21.5 Å². The van der Waals surface area contributed by atoms with E-state index in [4.69, 9.17) is 0 Å². The molecule has 0 spiro atoms. The van der Waals surface area contributed by atoms with E-state index in [1.807, 2.05) is 0 Å². The number of carbonyl (C=O) groups is 2. The minimum atomic E-state index is -4.96. The Labute approximate surface area is 147 Å². The number of Topliss-reactive ketones (excluding diaryl/α,β-unsaturated/α-hetero) is 1. The molecule has 0 aliphatic carbocycles. The summed E-state index contributed by atoms with van der Waals surface area (Å²) < 4.78 is 78.3. The molecule has 1 aliphatic rings. The molecule has 10 heteroatoms. The molecule has 0 radical (unpaired) electrons. The summed E-state index contributed by atoms with van der Waals surface area (Å²) in [6, 6.07) is 6.83. The van der Waals surface area contributed by atoms with Crippen molar-refractivity contribution in [2.75, 3.05) is 4.90 Å². The number of hydrogen-bond donors (Lipinski definition) is 0. The molecule has 0 aromatic heterocycles. The highest BCUT2D eigenvalue weighted by atomic mass is 19.4. The first-order valence-electron chi connectivity index (χ1n) is 7.38. The highest BCUT2D eigenvalue weighted by Crippen LogP contribution is 2.35. The molecule has 27 heavy (non-hydrogen) atoms. The van der Waals surface area contributed by atoms with Crippen molar-refractivity contribution in [2.45, 2.75) is 19.1 Å². The van der Waals surface area contributed by atoms with E-state index < -0.39 is 35.5 Å². The second kappa shape index (κ2) is 6.29. The van der Waals surface area contributed by atoms with Crippen molar-refractivity contribution in [2.24, 2.45) is 0 Å². The summed E-state index contributed by atoms with van der Waals surface area (Å²) in [5, 5.41) is 0. The second-order valence-corrected chi connectivity index (χ2v) is 5.64. The van der Waals surface area contributed by atoms with Crippen LogP contribution >= 0.6 is 0 Å². The van der Waals surface area contributed by atoms with E-state index in [1.165, 1.54) is 0 Å². The Morgan fingerprint density at radius 3 is 2.07 bits per heavy atom. The van der Waals surface area contributed by atoms with Crippen molar-refractivity contribution in [3.8, 4) is 5.75 Å². The van der Waals surface area contributed by atoms with Gasteiger partial charge < -0.3 is 9.64 Å². The van der Waals surface area contributed by atoms with E-state index in [-0.39, 0.29) is 17.8 Å². The summed E-state index contributed by atoms with van der Waals surface area (Å²) >= 11 is 0. The normalized spacial score (nSPS) is 14.5. The molecule has 0 N–H and O–H groups in total. The third kappa shape index (κ3) is 3.88. The Kier molecular flexibility index (Phi) is 4.37. The zero-order valence-corrected chi connectivity index (χ0v) is 13.2. The maximum atomic E-state index is 12.6. The van der Waals surface area contributed by atoms with Crippen molar-refractivity contribution < 1.29 is 40.7 Å². The van der Waals surface area contributed by atoms with Gasteiger partial charge in [-0.05, 0) is 35.9 Å². The standard InChI is InChI=1S/C17H9F6NO3/c18-16(19,20)10-3-1-9(2-4-10)8-24-13-6-5-11(27-17(21,22)23)7-12(13)14(25)15(24)26/h1-7H,8H2. The summed E-state index contributed by atoms with van der Waals surface area (Å²) in [4.78, 5) is 25.1. The number of rotatable bonds is 3. The van der Waals surface area contributed by atoms with Crippen molar-refractivity contribution in [1.82, 2.24) is 0 Å². The van der Waals surface area contributed by atoms with Gasteiger partial charge in [0, 0.05) is 0 Å². The molecule has 0 bridgehead atoms. The first kappa shape index (κ1) is 18.7. The number of alkyl halides is 6. The van der Waals surface area contributed by atoms with Gasteiger partial charge in [0.05, 0.1) is 23.4 Å². The topological polar surface area (TPSA) is 46.6 Å². The largest absolute Gasteiger partial charge is 0.573 e. The van der Waals surface area contributed by atoms with Gasteiger partial charge in [-0.3, -0.25) is 9.59 Å². The molecule has 0 fully saturated rings. The minimum absolute atomic E-state index is 0.0550. The van der Waals surface area contributed by atoms with Crippen LogP contribution in [0.2, 0.25) is 0 Å². The van der Waals surface area contributed by atoms with Crippen molar-refractivity contribution in [1.29, 1.82) is 0 Å². The van der Waals surface area contributed by atoms with Crippen LogP contribution in [-0.2, 0) is 17.5 Å². The van der Waals surface area contributed by atoms with Crippen LogP contribution in [0.3, 0.4) is 0 Å². The van der Waals surface area contributed by atoms with Gasteiger partial charge in [0.1, 0.15) is 5.75 Å². The van der Waals surface area contributed by atoms with Crippen LogP contribution in [0.25, 0.3) is 0 Å². The number of carbonyl (C=O) groups excluding carboxylic acids is 2. The average Bonchev–Trinajstić information content (AvgIpc) is 2.78. The van der Waals surface area contributed by atoms with Crippen LogP contribution in [0.5, 0.6) is 5.75 Å². The second-order valence-electron chi connectivity index (χ2n) is 5.64. The fraction of sp³-hybridized carbons (Fsp3) is 0.176. The Morgan fingerprint density at radius 2 is 1.52 bits per heavy atom. The molecule has 2 aromatic rings. The number of hydrogen-bond acceptors (Lipinski definition) is 3. The molecule has 1 heterocycles. The summed E-state index contributed by atoms with van der Waals surface area (Å²) in [7, 11) is 0. The smallest absolute Gasteiger partial charge is 0.406 e. The van der Waals surface area contributed by atoms with E-state index in [0.717, 1.165) is 47.4 Å². The van der Waals surface area contributed by atoms with Crippen molar-refractivity contribution >= 4 is 17.4 Å². The van der Waals surface area contributed by atoms with E-state index >= 15 is 0 Å². The van der Waals surface area contributed by atoms with Gasteiger partial charge in [-0.1, -0.05) is 12.1 Å². The fourth-order valence-corrected chi connectivity index (χ4v) is 2.62. The van der Waals surface area contributed by atoms with Crippen molar-refractivity contribution in [3.05, 3.63) is 59.2 Å². The number of ether oxygens (including phenoxy) is 1. The predicted octanol–water partition coefficient (Wildman–Crippen LogP) is 4.33. The van der Waals surface area contributed by atoms with Gasteiger partial charge in [0.2, 0.25) is 0 Å². The molecule has 4 nitrogen and oxygen atoms in total. The fourth-order valence-electron chi connectivity index (χ4n) is 2.62. The molecular weight excluding hydrogens is 380 g/mol. The molecule has 2 aromatic carbocycles. The predicted molar refractivity (Wildman–Crippen MR) is 80.1 cm³/mol. The molecule has 1 amide bonds. The lowest BCUT2D eigenvalue weighted by Crippen LogP contribution is -2.29. The molecular formula is C17H9F6NO3. The van der Waals surface area contributed by atoms with Crippen LogP contribution in [-0.4, -0.2) is 18.1 Å². The third-order valence-corrected chi connectivity index (χ3v) is 3.80. The Bertz CT molecular complexity index is 902. The highest BCUT2D eigenvalue weighted by molar-refractivity contribution is 6.52. The first-order valence-corrected chi connectivity index (χ1v) is 7.38. The Morgan fingerprint density at radius 1 is 0.889 bits per heavy atom. The Balaban J connectivity index is 1.86. The van der Waals surface area contributed by atoms with E-state index in [0.29, 0.717) is 5.56 Å². The number of nitrogens with zero attached hydrogens (tertiary/aromatic N) is 1. The van der Waals surface area contributed by atoms with E-state index in [2.05, 4.69) is 4.74 Å². The van der Waals surface area contributed by atoms with Gasteiger partial charge in [0.25, 0.3) is 11.7 Å². The minimum Gasteiger partial charge on any atom is -0.406 e. The van der Waals surface area contributed by atoms with E-state index in [1.54, 1.807) is 0 Å². The van der Waals surface area contributed by atoms with Gasteiger partial charge in [0.15, 0.2) is 0 Å². The maximum absolute atomic E-state index is 12.6. The van der Waals surface area contributed by atoms with Gasteiger partial charge in [-0.15, -0.1) is 13.2 Å². The summed E-state index contributed by atoms with van der Waals surface area (Å²) in [6.45, 7) is -0.213. The molecule has 0 unspecified atom stereocenters. The number of amides is 1. The molecule has 0 saturated heterocycles. The molecule has 0 saturated carbocycles. The average molecular weight is 389 g/mol. The molecule has 1 aliphatic heterocycles. The summed E-state index contributed by atoms with van der Waals surface area (Å²) in [5.74, 6) is -2.67. The first-order chi connectivity index (χ1) is 12.5. The molecule has 3 rings (SSSR count). The SMILES string of the molecule is O=C1C(=O)N(Cc2ccc(C(F)(F)F)cc2)c2ccc(OC(F)(F)F)cc21. The highest BCUT2D eigenvalue weighted by Gasteiger charge is 2.38. The summed E-state index contributed by atoms with van der Waals surface area (Å²) in [5.41, 5.74) is -0.773. The molecule has 142 valence electrons. The van der Waals surface area contributed by atoms with Gasteiger partial charge in [-0.25, -0.2) is 0 Å². The zero-order chi connectivity index (χ0) is 20.0. The van der Waals surface area contributed by atoms with E-state index in [9.17, 15) is 35.9 Å². The number of fused-ring (bicyclic) bond motifs is 1. The van der Waals surface area contributed by atoms with Crippen molar-refractivity contribution in [3.63, 3.8) is 0 Å². The lowest BCUT2D eigenvalue weighted by atomic mass is 10.1.